The van der Waals surface area contributed by atoms with Crippen molar-refractivity contribution >= 4 is 5.84 Å². The molecule has 5 heteroatoms. The molecule has 2 N–H and O–H groups in total. The Labute approximate surface area is 111 Å². The highest BCUT2D eigenvalue weighted by atomic mass is 16.3. The maximum atomic E-state index is 10.1. The van der Waals surface area contributed by atoms with E-state index >= 15 is 0 Å². The summed E-state index contributed by atoms with van der Waals surface area (Å²) in [6, 6.07) is 7.26. The third kappa shape index (κ3) is 2.27. The molecule has 1 aromatic heterocycles. The average Bonchev–Trinajstić information content (AvgIpc) is 2.96. The largest absolute Gasteiger partial charge is 0.508 e. The summed E-state index contributed by atoms with van der Waals surface area (Å²) in [6.07, 6.45) is 4.99. The van der Waals surface area contributed by atoms with Gasteiger partial charge in [0.25, 0.3) is 0 Å². The van der Waals surface area contributed by atoms with Crippen molar-refractivity contribution in [2.75, 3.05) is 13.1 Å². The molecule has 0 radical (unpaired) electrons. The van der Waals surface area contributed by atoms with Crippen molar-refractivity contribution in [2.24, 2.45) is 4.99 Å². The number of hydrogen-bond acceptors (Lipinski definition) is 5. The van der Waals surface area contributed by atoms with Gasteiger partial charge in [-0.3, -0.25) is 15.0 Å². The van der Waals surface area contributed by atoms with E-state index in [2.05, 4.69) is 20.3 Å². The van der Waals surface area contributed by atoms with Crippen LogP contribution in [0.1, 0.15) is 17.2 Å². The molecule has 5 nitrogen and oxygen atoms in total. The highest BCUT2D eigenvalue weighted by Gasteiger charge is 2.26. The fourth-order valence-corrected chi connectivity index (χ4v) is 2.25. The highest BCUT2D eigenvalue weighted by Crippen LogP contribution is 2.31. The number of hydrogen-bond donors (Lipinski definition) is 2. The number of amidine groups is 1. The van der Waals surface area contributed by atoms with Gasteiger partial charge in [-0.25, -0.2) is 0 Å². The Morgan fingerprint density at radius 3 is 2.79 bits per heavy atom. The van der Waals surface area contributed by atoms with Crippen molar-refractivity contribution in [3.63, 3.8) is 0 Å². The molecule has 0 saturated carbocycles. The number of nitrogens with one attached hydrogen (secondary N) is 1. The topological polar surface area (TPSA) is 70.4 Å². The lowest BCUT2D eigenvalue weighted by molar-refractivity contribution is 0.468. The van der Waals surface area contributed by atoms with Crippen LogP contribution in [0.15, 0.2) is 47.8 Å². The Kier molecular flexibility index (Phi) is 3.10. The molecule has 1 aliphatic heterocycles. The average molecular weight is 254 g/mol. The van der Waals surface area contributed by atoms with Crippen molar-refractivity contribution in [2.45, 2.75) is 5.92 Å². The van der Waals surface area contributed by atoms with Gasteiger partial charge in [0.1, 0.15) is 11.6 Å². The zero-order valence-electron chi connectivity index (χ0n) is 10.3. The first-order chi connectivity index (χ1) is 9.36. The van der Waals surface area contributed by atoms with E-state index in [9.17, 15) is 5.11 Å². The summed E-state index contributed by atoms with van der Waals surface area (Å²) in [5, 5.41) is 13.3. The summed E-state index contributed by atoms with van der Waals surface area (Å²) in [4.78, 5) is 12.9. The van der Waals surface area contributed by atoms with Crippen LogP contribution in [0.4, 0.5) is 0 Å². The molecule has 1 atom stereocenters. The van der Waals surface area contributed by atoms with Crippen molar-refractivity contribution in [1.29, 1.82) is 0 Å². The number of aromatic nitrogens is 2. The van der Waals surface area contributed by atoms with Gasteiger partial charge in [-0.15, -0.1) is 0 Å². The second-order valence-corrected chi connectivity index (χ2v) is 4.32. The molecule has 96 valence electrons. The number of aromatic hydroxyl groups is 1. The second-order valence-electron chi connectivity index (χ2n) is 4.32. The van der Waals surface area contributed by atoms with E-state index in [1.54, 1.807) is 30.7 Å². The molecule has 0 fully saturated rings. The first-order valence-electron chi connectivity index (χ1n) is 6.18. The molecule has 2 aromatic rings. The van der Waals surface area contributed by atoms with Crippen LogP contribution in [-0.4, -0.2) is 34.0 Å². The third-order valence-electron chi connectivity index (χ3n) is 3.10. The maximum Gasteiger partial charge on any atom is 0.119 e. The Hall–Kier alpha value is -2.43. The second kappa shape index (κ2) is 5.06. The summed E-state index contributed by atoms with van der Waals surface area (Å²) in [5.74, 6) is 0.883. The van der Waals surface area contributed by atoms with Crippen molar-refractivity contribution < 1.29 is 5.11 Å². The maximum absolute atomic E-state index is 10.1. The van der Waals surface area contributed by atoms with E-state index < -0.39 is 0 Å². The summed E-state index contributed by atoms with van der Waals surface area (Å²) in [6.45, 7) is 1.57. The molecule has 0 amide bonds. The number of para-hydroxylation sites is 1. The predicted octanol–water partition coefficient (Wildman–Crippen LogP) is 1.32. The molecule has 2 heterocycles. The van der Waals surface area contributed by atoms with Crippen LogP contribution >= 0.6 is 0 Å². The number of benzene rings is 1. The lowest BCUT2D eigenvalue weighted by Gasteiger charge is -2.18. The number of nitrogens with zero attached hydrogens (tertiary/aromatic N) is 3. The van der Waals surface area contributed by atoms with Gasteiger partial charge in [0, 0.05) is 30.7 Å². The molecule has 1 unspecified atom stereocenters. The van der Waals surface area contributed by atoms with Crippen LogP contribution in [0.2, 0.25) is 0 Å². The summed E-state index contributed by atoms with van der Waals surface area (Å²) in [5.41, 5.74) is 1.56. The van der Waals surface area contributed by atoms with Gasteiger partial charge in [-0.05, 0) is 6.07 Å². The van der Waals surface area contributed by atoms with Gasteiger partial charge in [0.2, 0.25) is 0 Å². The van der Waals surface area contributed by atoms with Crippen molar-refractivity contribution in [3.05, 3.63) is 54.1 Å². The highest BCUT2D eigenvalue weighted by molar-refractivity contribution is 5.93. The molecule has 0 bridgehead atoms. The van der Waals surface area contributed by atoms with Gasteiger partial charge in [0.05, 0.1) is 18.2 Å². The molecular formula is C14H14N4O. The summed E-state index contributed by atoms with van der Waals surface area (Å²) < 4.78 is 0. The van der Waals surface area contributed by atoms with E-state index in [4.69, 9.17) is 0 Å². The third-order valence-corrected chi connectivity index (χ3v) is 3.10. The quantitative estimate of drug-likeness (QED) is 0.866. The smallest absolute Gasteiger partial charge is 0.119 e. The van der Waals surface area contributed by atoms with E-state index in [1.165, 1.54) is 0 Å². The number of phenols is 1. The van der Waals surface area contributed by atoms with Crippen LogP contribution in [0.25, 0.3) is 0 Å². The van der Waals surface area contributed by atoms with Gasteiger partial charge in [0.15, 0.2) is 0 Å². The van der Waals surface area contributed by atoms with E-state index in [-0.39, 0.29) is 11.7 Å². The van der Waals surface area contributed by atoms with Crippen molar-refractivity contribution in [1.82, 2.24) is 15.3 Å². The molecular weight excluding hydrogens is 240 g/mol. The van der Waals surface area contributed by atoms with Crippen LogP contribution in [0, 0.1) is 0 Å². The van der Waals surface area contributed by atoms with Gasteiger partial charge < -0.3 is 10.4 Å². The number of aliphatic imine (C=N–C) groups is 1. The summed E-state index contributed by atoms with van der Waals surface area (Å²) in [7, 11) is 0. The molecule has 0 saturated heterocycles. The Balaban J connectivity index is 2.10. The predicted molar refractivity (Wildman–Crippen MR) is 72.3 cm³/mol. The molecule has 1 aliphatic rings. The normalized spacial score (nSPS) is 15.7. The molecule has 0 spiro atoms. The van der Waals surface area contributed by atoms with Crippen LogP contribution < -0.4 is 5.32 Å². The zero-order chi connectivity index (χ0) is 13.1. The molecule has 19 heavy (non-hydrogen) atoms. The SMILES string of the molecule is Oc1ccccc1C(C1=NCCN1)c1cnccn1. The van der Waals surface area contributed by atoms with E-state index in [0.29, 0.717) is 0 Å². The lowest BCUT2D eigenvalue weighted by Crippen LogP contribution is -2.27. The summed E-state index contributed by atoms with van der Waals surface area (Å²) >= 11 is 0. The minimum absolute atomic E-state index is 0.197. The number of phenolic OH excluding ortho intramolecular Hbond substituents is 1. The lowest BCUT2D eigenvalue weighted by atomic mass is 9.93. The zero-order valence-corrected chi connectivity index (χ0v) is 10.3. The monoisotopic (exact) mass is 254 g/mol. The number of rotatable bonds is 3. The fraction of sp³-hybridized carbons (Fsp3) is 0.214. The Morgan fingerprint density at radius 2 is 2.11 bits per heavy atom. The van der Waals surface area contributed by atoms with Crippen LogP contribution in [-0.2, 0) is 0 Å². The van der Waals surface area contributed by atoms with Gasteiger partial charge in [-0.2, -0.15) is 0 Å². The fourth-order valence-electron chi connectivity index (χ4n) is 2.25. The Bertz CT molecular complexity index is 597. The molecule has 1 aromatic carbocycles. The van der Waals surface area contributed by atoms with Gasteiger partial charge >= 0.3 is 0 Å². The van der Waals surface area contributed by atoms with Crippen LogP contribution in [0.3, 0.4) is 0 Å². The first-order valence-corrected chi connectivity index (χ1v) is 6.18. The minimum atomic E-state index is -0.197. The van der Waals surface area contributed by atoms with Crippen molar-refractivity contribution in [3.8, 4) is 5.75 Å². The Morgan fingerprint density at radius 1 is 1.21 bits per heavy atom. The van der Waals surface area contributed by atoms with E-state index in [1.807, 2.05) is 12.1 Å². The van der Waals surface area contributed by atoms with E-state index in [0.717, 1.165) is 30.2 Å². The first kappa shape index (κ1) is 11.6. The van der Waals surface area contributed by atoms with Gasteiger partial charge in [-0.1, -0.05) is 18.2 Å². The minimum Gasteiger partial charge on any atom is -0.508 e. The molecule has 0 aliphatic carbocycles. The standard InChI is InChI=1S/C14H14N4O/c19-12-4-2-1-3-10(12)13(14-17-7-8-18-14)11-9-15-5-6-16-11/h1-6,9,13,19H,7-8H2,(H,17,18). The molecule has 3 rings (SSSR count). The van der Waals surface area contributed by atoms with Crippen LogP contribution in [0.5, 0.6) is 5.75 Å².